The van der Waals surface area contributed by atoms with E-state index in [0.29, 0.717) is 38.1 Å². The molecule has 0 saturated carbocycles. The molecule has 1 aromatic carbocycles. The predicted molar refractivity (Wildman–Crippen MR) is 131 cm³/mol. The van der Waals surface area contributed by atoms with Gasteiger partial charge in [-0.15, -0.1) is 0 Å². The lowest BCUT2D eigenvalue weighted by Crippen LogP contribution is -2.47. The minimum atomic E-state index is -1.07. The van der Waals surface area contributed by atoms with Crippen LogP contribution in [0.1, 0.15) is 24.8 Å². The van der Waals surface area contributed by atoms with Crippen LogP contribution in [-0.2, 0) is 16.0 Å². The number of carbonyl (C=O) groups is 2. The number of nitrogens with one attached hydrogen (secondary N) is 1. The zero-order valence-corrected chi connectivity index (χ0v) is 19.7. The molecular weight excluding hydrogens is 486 g/mol. The van der Waals surface area contributed by atoms with Gasteiger partial charge in [-0.2, -0.15) is 0 Å². The molecule has 2 unspecified atom stereocenters. The highest BCUT2D eigenvalue weighted by atomic mass is 79.9. The maximum atomic E-state index is 12.8. The summed E-state index contributed by atoms with van der Waals surface area (Å²) in [4.78, 5) is 39.9. The van der Waals surface area contributed by atoms with E-state index in [2.05, 4.69) is 41.1 Å². The number of hydrogen-bond donors (Lipinski definition) is 2. The smallest absolute Gasteiger partial charge is 0.326 e. The number of rotatable bonds is 8. The first-order chi connectivity index (χ1) is 16.0. The number of aliphatic imine (C=N–C) groups is 2. The van der Waals surface area contributed by atoms with Crippen LogP contribution in [0.15, 0.2) is 63.2 Å². The maximum absolute atomic E-state index is 12.8. The molecule has 8 nitrogen and oxygen atoms in total. The fraction of sp³-hybridized carbons (Fsp3) is 0.375. The minimum absolute atomic E-state index is 0.123. The van der Waals surface area contributed by atoms with Gasteiger partial charge in [0, 0.05) is 48.7 Å². The molecular formula is C24H26BrN5O3. The van der Waals surface area contributed by atoms with Gasteiger partial charge >= 0.3 is 5.97 Å². The highest BCUT2D eigenvalue weighted by Gasteiger charge is 2.30. The van der Waals surface area contributed by atoms with Crippen LogP contribution in [0.2, 0.25) is 0 Å². The lowest BCUT2D eigenvalue weighted by atomic mass is 9.95. The summed E-state index contributed by atoms with van der Waals surface area (Å²) in [6, 6.07) is 10.9. The molecule has 33 heavy (non-hydrogen) atoms. The van der Waals surface area contributed by atoms with Crippen molar-refractivity contribution < 1.29 is 14.7 Å². The van der Waals surface area contributed by atoms with Gasteiger partial charge in [-0.1, -0.05) is 30.3 Å². The second kappa shape index (κ2) is 10.7. The molecule has 1 fully saturated rings. The van der Waals surface area contributed by atoms with Crippen molar-refractivity contribution >= 4 is 45.4 Å². The van der Waals surface area contributed by atoms with Gasteiger partial charge < -0.3 is 15.3 Å². The average Bonchev–Trinajstić information content (AvgIpc) is 3.26. The van der Waals surface area contributed by atoms with E-state index in [0.717, 1.165) is 15.7 Å². The van der Waals surface area contributed by atoms with Crippen molar-refractivity contribution in [3.63, 3.8) is 0 Å². The minimum Gasteiger partial charge on any atom is -0.480 e. The first-order valence-corrected chi connectivity index (χ1v) is 11.8. The Balaban J connectivity index is 1.29. The summed E-state index contributed by atoms with van der Waals surface area (Å²) < 4.78 is 0.911. The SMILES string of the molecule is O=C(NC(CC1=NC(Cc2ccccc2)N=C1)C(=O)O)C1CCN(c2cncc(Br)c2)CC1. The molecule has 2 aliphatic heterocycles. The molecule has 3 heterocycles. The number of halogens is 1. The van der Waals surface area contributed by atoms with E-state index in [4.69, 9.17) is 0 Å². The molecule has 2 N–H and O–H groups in total. The number of carboxylic acids is 1. The molecule has 9 heteroatoms. The summed E-state index contributed by atoms with van der Waals surface area (Å²) in [6.45, 7) is 1.43. The quantitative estimate of drug-likeness (QED) is 0.566. The third kappa shape index (κ3) is 6.25. The summed E-state index contributed by atoms with van der Waals surface area (Å²) >= 11 is 3.43. The highest BCUT2D eigenvalue weighted by Crippen LogP contribution is 2.25. The largest absolute Gasteiger partial charge is 0.480 e. The third-order valence-corrected chi connectivity index (χ3v) is 6.35. The van der Waals surface area contributed by atoms with Gasteiger partial charge in [0.2, 0.25) is 5.91 Å². The van der Waals surface area contributed by atoms with Gasteiger partial charge in [0.15, 0.2) is 0 Å². The summed E-state index contributed by atoms with van der Waals surface area (Å²) in [5.74, 6) is -1.50. The molecule has 0 spiro atoms. The first-order valence-electron chi connectivity index (χ1n) is 11.0. The Morgan fingerprint density at radius 3 is 2.64 bits per heavy atom. The Bertz CT molecular complexity index is 1050. The molecule has 0 radical (unpaired) electrons. The molecule has 0 bridgehead atoms. The van der Waals surface area contributed by atoms with Crippen molar-refractivity contribution in [3.8, 4) is 0 Å². The molecule has 172 valence electrons. The van der Waals surface area contributed by atoms with Gasteiger partial charge in [0.25, 0.3) is 0 Å². The van der Waals surface area contributed by atoms with Crippen LogP contribution in [-0.4, -0.2) is 59.2 Å². The van der Waals surface area contributed by atoms with Crippen LogP contribution in [0, 0.1) is 5.92 Å². The van der Waals surface area contributed by atoms with E-state index >= 15 is 0 Å². The second-order valence-corrected chi connectivity index (χ2v) is 9.21. The summed E-state index contributed by atoms with van der Waals surface area (Å²) in [5.41, 5.74) is 2.73. The fourth-order valence-electron chi connectivity index (χ4n) is 4.13. The van der Waals surface area contributed by atoms with E-state index < -0.39 is 12.0 Å². The van der Waals surface area contributed by atoms with Crippen LogP contribution in [0.5, 0.6) is 0 Å². The molecule has 1 aromatic heterocycles. The number of carbonyl (C=O) groups excluding carboxylic acids is 1. The van der Waals surface area contributed by atoms with Gasteiger partial charge in [0.05, 0.1) is 17.6 Å². The monoisotopic (exact) mass is 511 g/mol. The number of benzene rings is 1. The zero-order chi connectivity index (χ0) is 23.2. The Morgan fingerprint density at radius 1 is 1.18 bits per heavy atom. The van der Waals surface area contributed by atoms with Crippen molar-refractivity contribution in [1.82, 2.24) is 10.3 Å². The lowest BCUT2D eigenvalue weighted by Gasteiger charge is -2.33. The standard InChI is InChI=1S/C24H26BrN5O3/c25-18-11-20(15-26-13-18)30-8-6-17(7-9-30)23(31)29-21(24(32)33)12-19-14-27-22(28-19)10-16-4-2-1-3-5-16/h1-5,11,13-15,17,21-22H,6-10,12H2,(H,29,31)(H,32,33). The Hall–Kier alpha value is -3.07. The number of pyridine rings is 1. The lowest BCUT2D eigenvalue weighted by molar-refractivity contribution is -0.142. The molecule has 4 rings (SSSR count). The Kier molecular flexibility index (Phi) is 7.49. The van der Waals surface area contributed by atoms with Gasteiger partial charge in [-0.25, -0.2) is 4.79 Å². The Morgan fingerprint density at radius 2 is 1.94 bits per heavy atom. The maximum Gasteiger partial charge on any atom is 0.326 e. The van der Waals surface area contributed by atoms with E-state index in [9.17, 15) is 14.7 Å². The number of anilines is 1. The number of carboxylic acid groups (broad SMARTS) is 1. The number of piperidine rings is 1. The van der Waals surface area contributed by atoms with E-state index in [1.54, 1.807) is 18.6 Å². The zero-order valence-electron chi connectivity index (χ0n) is 18.1. The van der Waals surface area contributed by atoms with Gasteiger partial charge in [0.1, 0.15) is 12.2 Å². The molecule has 2 aliphatic rings. The van der Waals surface area contributed by atoms with Crippen LogP contribution in [0.4, 0.5) is 5.69 Å². The van der Waals surface area contributed by atoms with Crippen molar-refractivity contribution in [2.24, 2.45) is 15.9 Å². The molecule has 2 atom stereocenters. The van der Waals surface area contributed by atoms with Crippen molar-refractivity contribution in [1.29, 1.82) is 0 Å². The average molecular weight is 512 g/mol. The number of amides is 1. The number of nitrogens with zero attached hydrogens (tertiary/aromatic N) is 4. The van der Waals surface area contributed by atoms with Crippen LogP contribution >= 0.6 is 15.9 Å². The summed E-state index contributed by atoms with van der Waals surface area (Å²) in [7, 11) is 0. The molecule has 2 aromatic rings. The van der Waals surface area contributed by atoms with Crippen LogP contribution in [0.25, 0.3) is 0 Å². The van der Waals surface area contributed by atoms with Gasteiger partial charge in [-0.05, 0) is 40.4 Å². The highest BCUT2D eigenvalue weighted by molar-refractivity contribution is 9.10. The molecule has 0 aliphatic carbocycles. The fourth-order valence-corrected chi connectivity index (χ4v) is 4.48. The van der Waals surface area contributed by atoms with Crippen molar-refractivity contribution in [2.75, 3.05) is 18.0 Å². The number of aliphatic carboxylic acids is 1. The molecule has 1 saturated heterocycles. The van der Waals surface area contributed by atoms with Crippen molar-refractivity contribution in [2.45, 2.75) is 37.9 Å². The number of aromatic nitrogens is 1. The Labute approximate surface area is 201 Å². The van der Waals surface area contributed by atoms with E-state index in [1.165, 1.54) is 0 Å². The summed E-state index contributed by atoms with van der Waals surface area (Å²) in [5, 5.41) is 12.4. The summed E-state index contributed by atoms with van der Waals surface area (Å²) in [6.07, 6.45) is 7.03. The normalized spacial score (nSPS) is 19.2. The van der Waals surface area contributed by atoms with E-state index in [-0.39, 0.29) is 24.4 Å². The second-order valence-electron chi connectivity index (χ2n) is 8.30. The van der Waals surface area contributed by atoms with Gasteiger partial charge in [-0.3, -0.25) is 19.8 Å². The first kappa shape index (κ1) is 23.1. The van der Waals surface area contributed by atoms with Crippen molar-refractivity contribution in [3.05, 3.63) is 58.8 Å². The third-order valence-electron chi connectivity index (χ3n) is 5.92. The predicted octanol–water partition coefficient (Wildman–Crippen LogP) is 3.11. The number of hydrogen-bond acceptors (Lipinski definition) is 6. The van der Waals surface area contributed by atoms with Crippen LogP contribution in [0.3, 0.4) is 0 Å². The van der Waals surface area contributed by atoms with E-state index in [1.807, 2.05) is 36.4 Å². The van der Waals surface area contributed by atoms with Crippen LogP contribution < -0.4 is 10.2 Å². The molecule has 1 amide bonds. The topological polar surface area (TPSA) is 107 Å².